The zero-order valence-corrected chi connectivity index (χ0v) is 17.0. The molecule has 1 aromatic carbocycles. The highest BCUT2D eigenvalue weighted by Crippen LogP contribution is 2.42. The van der Waals surface area contributed by atoms with Crippen LogP contribution in [0.25, 0.3) is 0 Å². The van der Waals surface area contributed by atoms with Crippen LogP contribution in [0, 0.1) is 12.8 Å². The number of hydrogen-bond acceptors (Lipinski definition) is 3. The molecule has 2 aliphatic rings. The Labute approximate surface area is 174 Å². The molecule has 8 heteroatoms. The Morgan fingerprint density at radius 1 is 1.20 bits per heavy atom. The van der Waals surface area contributed by atoms with Gasteiger partial charge in [0, 0.05) is 31.6 Å². The van der Waals surface area contributed by atoms with E-state index in [4.69, 9.17) is 0 Å². The van der Waals surface area contributed by atoms with Crippen LogP contribution in [0.1, 0.15) is 43.0 Å². The van der Waals surface area contributed by atoms with Crippen molar-refractivity contribution in [3.05, 3.63) is 47.7 Å². The quantitative estimate of drug-likeness (QED) is 0.800. The lowest BCUT2D eigenvalue weighted by atomic mass is 9.84. The average Bonchev–Trinajstić information content (AvgIpc) is 3.11. The van der Waals surface area contributed by atoms with E-state index >= 15 is 0 Å². The van der Waals surface area contributed by atoms with Gasteiger partial charge >= 0.3 is 6.18 Å². The number of alkyl halides is 3. The molecule has 4 rings (SSSR count). The van der Waals surface area contributed by atoms with Crippen LogP contribution in [0.15, 0.2) is 36.4 Å². The monoisotopic (exact) mass is 420 g/mol. The predicted octanol–water partition coefficient (Wildman–Crippen LogP) is 4.35. The summed E-state index contributed by atoms with van der Waals surface area (Å²) in [6, 6.07) is 9.71. The molecule has 2 aliphatic heterocycles. The van der Waals surface area contributed by atoms with E-state index in [1.165, 1.54) is 0 Å². The summed E-state index contributed by atoms with van der Waals surface area (Å²) < 4.78 is 41.9. The normalized spacial score (nSPS) is 22.5. The van der Waals surface area contributed by atoms with Crippen molar-refractivity contribution in [1.29, 1.82) is 0 Å². The summed E-state index contributed by atoms with van der Waals surface area (Å²) in [5.74, 6) is 0.667. The van der Waals surface area contributed by atoms with Gasteiger partial charge in [-0.15, -0.1) is 0 Å². The Morgan fingerprint density at radius 2 is 1.90 bits per heavy atom. The minimum Gasteiger partial charge on any atom is -0.367 e. The smallest absolute Gasteiger partial charge is 0.367 e. The van der Waals surface area contributed by atoms with Crippen molar-refractivity contribution in [3.8, 4) is 0 Å². The Kier molecular flexibility index (Phi) is 5.75. The average molecular weight is 420 g/mol. The van der Waals surface area contributed by atoms with Gasteiger partial charge in [-0.3, -0.25) is 4.79 Å². The number of anilines is 1. The summed E-state index contributed by atoms with van der Waals surface area (Å²) in [4.78, 5) is 14.4. The Hall–Kier alpha value is -2.51. The van der Waals surface area contributed by atoms with Gasteiger partial charge in [-0.05, 0) is 44.1 Å². The maximum atomic E-state index is 13.6. The third kappa shape index (κ3) is 4.47. The number of nitrogens with zero attached hydrogens (tertiary/aromatic N) is 3. The van der Waals surface area contributed by atoms with Crippen molar-refractivity contribution in [2.24, 2.45) is 5.92 Å². The van der Waals surface area contributed by atoms with Gasteiger partial charge in [0.25, 0.3) is 0 Å². The molecule has 1 amide bonds. The van der Waals surface area contributed by atoms with E-state index in [-0.39, 0.29) is 24.3 Å². The second-order valence-electron chi connectivity index (χ2n) is 8.36. The minimum absolute atomic E-state index is 0.0236. The molecule has 2 aromatic rings. The van der Waals surface area contributed by atoms with Crippen LogP contribution in [-0.2, 0) is 11.2 Å². The third-order valence-electron chi connectivity index (χ3n) is 6.27. The molecule has 1 aromatic heterocycles. The molecular weight excluding hydrogens is 393 g/mol. The molecule has 0 saturated carbocycles. The van der Waals surface area contributed by atoms with Crippen LogP contribution in [0.5, 0.6) is 0 Å². The molecule has 0 radical (unpaired) electrons. The van der Waals surface area contributed by atoms with Crippen molar-refractivity contribution in [3.63, 3.8) is 0 Å². The number of nitrogens with one attached hydrogen (secondary N) is 1. The van der Waals surface area contributed by atoms with E-state index in [0.29, 0.717) is 50.3 Å². The Bertz CT molecular complexity index is 872. The number of benzene rings is 1. The molecule has 30 heavy (non-hydrogen) atoms. The second-order valence-corrected chi connectivity index (χ2v) is 8.36. The molecule has 1 saturated heterocycles. The lowest BCUT2D eigenvalue weighted by molar-refractivity contribution is -0.174. The molecule has 0 unspecified atom stereocenters. The van der Waals surface area contributed by atoms with Gasteiger partial charge in [0.1, 0.15) is 5.82 Å². The number of aromatic nitrogens is 2. The number of carbonyl (C=O) groups is 1. The fourth-order valence-electron chi connectivity index (χ4n) is 4.64. The van der Waals surface area contributed by atoms with Crippen molar-refractivity contribution in [2.75, 3.05) is 18.4 Å². The zero-order chi connectivity index (χ0) is 21.3. The predicted molar refractivity (Wildman–Crippen MR) is 108 cm³/mol. The molecule has 5 nitrogen and oxygen atoms in total. The first-order chi connectivity index (χ1) is 14.3. The maximum Gasteiger partial charge on any atom is 0.410 e. The van der Waals surface area contributed by atoms with Gasteiger partial charge in [-0.25, -0.2) is 4.68 Å². The first-order valence-electron chi connectivity index (χ1n) is 10.5. The maximum absolute atomic E-state index is 13.6. The van der Waals surface area contributed by atoms with Crippen LogP contribution in [0.4, 0.5) is 19.0 Å². The number of fused-ring (bicyclic) bond motifs is 1. The SMILES string of the molecule is Cc1cc2n(n1)[C@@H](C(F)(F)F)C[C@@H](C1CCN(C(=O)CCc3ccccc3)CC1)N2. The van der Waals surface area contributed by atoms with Crippen molar-refractivity contribution < 1.29 is 18.0 Å². The van der Waals surface area contributed by atoms with E-state index in [9.17, 15) is 18.0 Å². The number of halogens is 3. The van der Waals surface area contributed by atoms with E-state index in [2.05, 4.69) is 10.4 Å². The molecule has 1 fully saturated rings. The number of amides is 1. The van der Waals surface area contributed by atoms with Crippen LogP contribution >= 0.6 is 0 Å². The summed E-state index contributed by atoms with van der Waals surface area (Å²) in [5, 5.41) is 7.32. The van der Waals surface area contributed by atoms with Crippen molar-refractivity contribution in [1.82, 2.24) is 14.7 Å². The Morgan fingerprint density at radius 3 is 2.57 bits per heavy atom. The van der Waals surface area contributed by atoms with Gasteiger partial charge in [0.2, 0.25) is 5.91 Å². The first-order valence-corrected chi connectivity index (χ1v) is 10.5. The fraction of sp³-hybridized carbons (Fsp3) is 0.545. The van der Waals surface area contributed by atoms with Crippen LogP contribution in [0.3, 0.4) is 0 Å². The van der Waals surface area contributed by atoms with Crippen LogP contribution in [-0.4, -0.2) is 45.9 Å². The number of hydrogen-bond donors (Lipinski definition) is 1. The number of piperidine rings is 1. The topological polar surface area (TPSA) is 50.2 Å². The molecule has 1 N–H and O–H groups in total. The highest BCUT2D eigenvalue weighted by molar-refractivity contribution is 5.76. The zero-order valence-electron chi connectivity index (χ0n) is 17.0. The highest BCUT2D eigenvalue weighted by Gasteiger charge is 2.47. The summed E-state index contributed by atoms with van der Waals surface area (Å²) >= 11 is 0. The molecule has 0 aliphatic carbocycles. The number of rotatable bonds is 4. The Balaban J connectivity index is 1.34. The minimum atomic E-state index is -4.33. The molecule has 2 atom stereocenters. The first kappa shape index (κ1) is 20.8. The third-order valence-corrected chi connectivity index (χ3v) is 6.27. The van der Waals surface area contributed by atoms with Gasteiger partial charge in [0.15, 0.2) is 6.04 Å². The standard InChI is InChI=1S/C22H27F3N4O/c1-15-13-20-26-18(14-19(22(23,24)25)29(20)27-15)17-9-11-28(12-10-17)21(30)8-7-16-5-3-2-4-6-16/h2-6,13,17-19,26H,7-12,14H2,1H3/t18-,19+/m0/s1. The number of carbonyl (C=O) groups excluding carboxylic acids is 1. The molecule has 0 spiro atoms. The molecular formula is C22H27F3N4O. The highest BCUT2D eigenvalue weighted by atomic mass is 19.4. The van der Waals surface area contributed by atoms with Gasteiger partial charge in [0.05, 0.1) is 5.69 Å². The van der Waals surface area contributed by atoms with Crippen LogP contribution < -0.4 is 5.32 Å². The van der Waals surface area contributed by atoms with Gasteiger partial charge < -0.3 is 10.2 Å². The van der Waals surface area contributed by atoms with Crippen molar-refractivity contribution in [2.45, 2.75) is 57.3 Å². The molecule has 3 heterocycles. The lowest BCUT2D eigenvalue weighted by Crippen LogP contribution is -2.47. The van der Waals surface area contributed by atoms with Gasteiger partial charge in [-0.1, -0.05) is 30.3 Å². The summed E-state index contributed by atoms with van der Waals surface area (Å²) in [5.41, 5.74) is 1.71. The van der Waals surface area contributed by atoms with Gasteiger partial charge in [-0.2, -0.15) is 18.3 Å². The molecule has 162 valence electrons. The second kappa shape index (κ2) is 8.32. The lowest BCUT2D eigenvalue weighted by Gasteiger charge is -2.41. The summed E-state index contributed by atoms with van der Waals surface area (Å²) in [6.07, 6.45) is -1.75. The molecule has 0 bridgehead atoms. The van der Waals surface area contributed by atoms with E-state index in [1.807, 2.05) is 35.2 Å². The fourth-order valence-corrected chi connectivity index (χ4v) is 4.64. The number of likely N-dealkylation sites (tertiary alicyclic amines) is 1. The largest absolute Gasteiger partial charge is 0.410 e. The number of aryl methyl sites for hydroxylation is 2. The van der Waals surface area contributed by atoms with E-state index in [0.717, 1.165) is 10.2 Å². The summed E-state index contributed by atoms with van der Waals surface area (Å²) in [7, 11) is 0. The van der Waals surface area contributed by atoms with E-state index in [1.54, 1.807) is 13.0 Å². The van der Waals surface area contributed by atoms with E-state index < -0.39 is 12.2 Å². The summed E-state index contributed by atoms with van der Waals surface area (Å²) in [6.45, 7) is 2.91. The van der Waals surface area contributed by atoms with Crippen LogP contribution in [0.2, 0.25) is 0 Å². The van der Waals surface area contributed by atoms with Crippen molar-refractivity contribution >= 4 is 11.7 Å².